The van der Waals surface area contributed by atoms with E-state index in [0.717, 1.165) is 26.9 Å². The summed E-state index contributed by atoms with van der Waals surface area (Å²) in [6.07, 6.45) is 0.721. The van der Waals surface area contributed by atoms with Crippen molar-refractivity contribution in [3.8, 4) is 0 Å². The normalized spacial score (nSPS) is 10.7. The van der Waals surface area contributed by atoms with Crippen LogP contribution in [0.4, 0.5) is 14.9 Å². The number of hydrogen-bond donors (Lipinski definition) is 1. The summed E-state index contributed by atoms with van der Waals surface area (Å²) < 4.78 is 14.1. The van der Waals surface area contributed by atoms with Gasteiger partial charge in [-0.2, -0.15) is 0 Å². The molecule has 0 spiro atoms. The Hall–Kier alpha value is -2.71. The molecule has 0 fully saturated rings. The van der Waals surface area contributed by atoms with Crippen molar-refractivity contribution in [2.24, 2.45) is 0 Å². The van der Waals surface area contributed by atoms with E-state index in [1.807, 2.05) is 43.5 Å². The molecule has 0 atom stereocenters. The highest BCUT2D eigenvalue weighted by Gasteiger charge is 2.22. The van der Waals surface area contributed by atoms with Crippen molar-refractivity contribution in [2.75, 3.05) is 18.4 Å². The summed E-state index contributed by atoms with van der Waals surface area (Å²) in [7, 11) is 0. The standard InChI is InChI=1S/C25H27BrFN3O2S/c1-3-13-29(25(32)28-22-7-5-4-6-21(22)26)17-24(31)30(16-23-18(2)12-14-33-23)15-19-8-10-20(27)11-9-19/h4-12,14H,3,13,15-17H2,1-2H3,(H,28,32). The van der Waals surface area contributed by atoms with E-state index < -0.39 is 0 Å². The number of aryl methyl sites for hydroxylation is 1. The number of thiophene rings is 1. The van der Waals surface area contributed by atoms with Crippen LogP contribution >= 0.6 is 27.3 Å². The molecule has 0 bridgehead atoms. The number of halogens is 2. The molecule has 0 saturated heterocycles. The van der Waals surface area contributed by atoms with Gasteiger partial charge in [0.25, 0.3) is 0 Å². The number of hydrogen-bond acceptors (Lipinski definition) is 3. The Morgan fingerprint density at radius 1 is 1.03 bits per heavy atom. The lowest BCUT2D eigenvalue weighted by atomic mass is 10.2. The van der Waals surface area contributed by atoms with Gasteiger partial charge in [-0.15, -0.1) is 11.3 Å². The molecule has 0 aliphatic carbocycles. The summed E-state index contributed by atoms with van der Waals surface area (Å²) in [5, 5.41) is 4.88. The van der Waals surface area contributed by atoms with Gasteiger partial charge in [-0.1, -0.05) is 31.2 Å². The molecule has 0 unspecified atom stereocenters. The first-order chi connectivity index (χ1) is 15.9. The van der Waals surface area contributed by atoms with Crippen LogP contribution in [0, 0.1) is 12.7 Å². The number of amides is 3. The Labute approximate surface area is 206 Å². The molecule has 33 heavy (non-hydrogen) atoms. The van der Waals surface area contributed by atoms with Crippen molar-refractivity contribution < 1.29 is 14.0 Å². The van der Waals surface area contributed by atoms with E-state index in [-0.39, 0.29) is 24.3 Å². The van der Waals surface area contributed by atoms with E-state index in [9.17, 15) is 14.0 Å². The van der Waals surface area contributed by atoms with Gasteiger partial charge in [0.2, 0.25) is 5.91 Å². The number of carbonyl (C=O) groups excluding carboxylic acids is 2. The minimum absolute atomic E-state index is 0.0459. The van der Waals surface area contributed by atoms with Gasteiger partial charge in [-0.05, 0) is 76.1 Å². The van der Waals surface area contributed by atoms with Crippen LogP contribution in [-0.2, 0) is 17.9 Å². The van der Waals surface area contributed by atoms with Crippen molar-refractivity contribution in [1.29, 1.82) is 0 Å². The number of nitrogens with one attached hydrogen (secondary N) is 1. The second-order valence-corrected chi connectivity index (χ2v) is 9.59. The van der Waals surface area contributed by atoms with E-state index in [2.05, 4.69) is 21.2 Å². The topological polar surface area (TPSA) is 52.7 Å². The number of rotatable bonds is 9. The molecule has 174 valence electrons. The van der Waals surface area contributed by atoms with Gasteiger partial charge < -0.3 is 15.1 Å². The highest BCUT2D eigenvalue weighted by molar-refractivity contribution is 9.10. The largest absolute Gasteiger partial charge is 0.332 e. The quantitative estimate of drug-likeness (QED) is 0.345. The summed E-state index contributed by atoms with van der Waals surface area (Å²) in [5.41, 5.74) is 2.60. The molecule has 3 amide bonds. The Bertz CT molecular complexity index is 1090. The molecule has 3 rings (SSSR count). The van der Waals surface area contributed by atoms with Gasteiger partial charge in [0.05, 0.1) is 12.2 Å². The SMILES string of the molecule is CCCN(CC(=O)N(Cc1ccc(F)cc1)Cc1sccc1C)C(=O)Nc1ccccc1Br. The summed E-state index contributed by atoms with van der Waals surface area (Å²) in [5.74, 6) is -0.480. The second kappa shape index (κ2) is 12.0. The van der Waals surface area contributed by atoms with Crippen molar-refractivity contribution >= 4 is 44.9 Å². The summed E-state index contributed by atoms with van der Waals surface area (Å²) in [6.45, 7) is 5.16. The summed E-state index contributed by atoms with van der Waals surface area (Å²) >= 11 is 5.03. The van der Waals surface area contributed by atoms with Crippen LogP contribution in [0.3, 0.4) is 0 Å². The minimum atomic E-state index is -0.328. The van der Waals surface area contributed by atoms with E-state index in [4.69, 9.17) is 0 Å². The Kier molecular flexibility index (Phi) is 9.03. The lowest BCUT2D eigenvalue weighted by Crippen LogP contribution is -2.44. The van der Waals surface area contributed by atoms with Crippen molar-refractivity contribution in [2.45, 2.75) is 33.4 Å². The smallest absolute Gasteiger partial charge is 0.322 e. The van der Waals surface area contributed by atoms with Crippen molar-refractivity contribution in [3.63, 3.8) is 0 Å². The fourth-order valence-corrected chi connectivity index (χ4v) is 4.63. The zero-order valence-corrected chi connectivity index (χ0v) is 21.1. The molecular weight excluding hydrogens is 505 g/mol. The Balaban J connectivity index is 1.77. The first-order valence-corrected chi connectivity index (χ1v) is 12.4. The van der Waals surface area contributed by atoms with Crippen molar-refractivity contribution in [3.05, 3.63) is 86.3 Å². The van der Waals surface area contributed by atoms with Gasteiger partial charge in [0.1, 0.15) is 12.4 Å². The lowest BCUT2D eigenvalue weighted by Gasteiger charge is -2.28. The molecule has 1 N–H and O–H groups in total. The maximum Gasteiger partial charge on any atom is 0.322 e. The molecule has 0 aliphatic rings. The first kappa shape index (κ1) is 24.9. The number of nitrogens with zero attached hydrogens (tertiary/aromatic N) is 2. The van der Waals surface area contributed by atoms with Crippen molar-refractivity contribution in [1.82, 2.24) is 9.80 Å². The zero-order chi connectivity index (χ0) is 23.8. The number of carbonyl (C=O) groups is 2. The predicted molar refractivity (Wildman–Crippen MR) is 135 cm³/mol. The minimum Gasteiger partial charge on any atom is -0.332 e. The van der Waals surface area contributed by atoms with Crippen LogP contribution in [0.25, 0.3) is 0 Å². The third-order valence-corrected chi connectivity index (χ3v) is 6.86. The van der Waals surface area contributed by atoms with Crippen LogP contribution in [0.2, 0.25) is 0 Å². The summed E-state index contributed by atoms with van der Waals surface area (Å²) in [4.78, 5) is 30.7. The molecule has 3 aromatic rings. The van der Waals surface area contributed by atoms with Crippen LogP contribution in [0.1, 0.15) is 29.3 Å². The Morgan fingerprint density at radius 3 is 2.39 bits per heavy atom. The highest BCUT2D eigenvalue weighted by atomic mass is 79.9. The lowest BCUT2D eigenvalue weighted by molar-refractivity contribution is -0.133. The van der Waals surface area contributed by atoms with Crippen LogP contribution in [0.15, 0.2) is 64.5 Å². The van der Waals surface area contributed by atoms with Gasteiger partial charge in [-0.25, -0.2) is 9.18 Å². The fraction of sp³-hybridized carbons (Fsp3) is 0.280. The Morgan fingerprint density at radius 2 is 1.76 bits per heavy atom. The maximum absolute atomic E-state index is 13.4. The first-order valence-electron chi connectivity index (χ1n) is 10.7. The number of benzene rings is 2. The average molecular weight is 532 g/mol. The molecule has 0 saturated carbocycles. The fourth-order valence-electron chi connectivity index (χ4n) is 3.32. The zero-order valence-electron chi connectivity index (χ0n) is 18.7. The molecule has 1 aromatic heterocycles. The molecule has 0 aliphatic heterocycles. The van der Waals surface area contributed by atoms with E-state index in [0.29, 0.717) is 25.3 Å². The third kappa shape index (κ3) is 7.14. The van der Waals surface area contributed by atoms with E-state index in [1.165, 1.54) is 17.0 Å². The molecule has 0 radical (unpaired) electrons. The maximum atomic E-state index is 13.4. The summed E-state index contributed by atoms with van der Waals surface area (Å²) in [6, 6.07) is 15.2. The van der Waals surface area contributed by atoms with Gasteiger partial charge in [-0.3, -0.25) is 4.79 Å². The highest BCUT2D eigenvalue weighted by Crippen LogP contribution is 2.22. The average Bonchev–Trinajstić information content (AvgIpc) is 3.20. The van der Waals surface area contributed by atoms with Crippen LogP contribution in [0.5, 0.6) is 0 Å². The monoisotopic (exact) mass is 531 g/mol. The van der Waals surface area contributed by atoms with Crippen LogP contribution in [-0.4, -0.2) is 34.8 Å². The molecular formula is C25H27BrFN3O2S. The molecule has 5 nitrogen and oxygen atoms in total. The number of para-hydroxylation sites is 1. The number of anilines is 1. The molecule has 2 aromatic carbocycles. The molecule has 8 heteroatoms. The van der Waals surface area contributed by atoms with E-state index in [1.54, 1.807) is 34.4 Å². The van der Waals surface area contributed by atoms with Gasteiger partial charge in [0.15, 0.2) is 0 Å². The van der Waals surface area contributed by atoms with Crippen LogP contribution < -0.4 is 5.32 Å². The van der Waals surface area contributed by atoms with E-state index >= 15 is 0 Å². The third-order valence-electron chi connectivity index (χ3n) is 5.16. The molecule has 1 heterocycles. The van der Waals surface area contributed by atoms with Gasteiger partial charge in [0, 0.05) is 22.4 Å². The van der Waals surface area contributed by atoms with Gasteiger partial charge >= 0.3 is 6.03 Å². The second-order valence-electron chi connectivity index (χ2n) is 7.73. The number of urea groups is 1. The predicted octanol–water partition coefficient (Wildman–Crippen LogP) is 6.43.